The summed E-state index contributed by atoms with van der Waals surface area (Å²) in [6.07, 6.45) is 11.5. The van der Waals surface area contributed by atoms with Gasteiger partial charge >= 0.3 is 0 Å². The molecule has 0 fully saturated rings. The maximum absolute atomic E-state index is 9.75. The Morgan fingerprint density at radius 3 is 2.33 bits per heavy atom. The number of aliphatic hydroxyl groups is 1. The molecule has 0 amide bonds. The molecule has 15 heavy (non-hydrogen) atoms. The molecule has 1 heteroatoms. The largest absolute Gasteiger partial charge is 0.507 e. The zero-order chi connectivity index (χ0) is 10.5. The lowest BCUT2D eigenvalue weighted by atomic mass is 10.1. The number of rotatable bonds is 2. The van der Waals surface area contributed by atoms with Crippen molar-refractivity contribution in [3.05, 3.63) is 77.9 Å². The molecule has 0 atom stereocenters. The van der Waals surface area contributed by atoms with Crippen LogP contribution in [0.25, 0.3) is 5.76 Å². The Hall–Kier alpha value is -2.02. The van der Waals surface area contributed by atoms with Gasteiger partial charge in [-0.05, 0) is 11.6 Å². The van der Waals surface area contributed by atoms with Crippen LogP contribution in [-0.4, -0.2) is 5.11 Å². The molecule has 1 N–H and O–H groups in total. The zero-order valence-corrected chi connectivity index (χ0v) is 8.30. The summed E-state index contributed by atoms with van der Waals surface area (Å²) in [6, 6.07) is 9.50. The van der Waals surface area contributed by atoms with Gasteiger partial charge in [-0.3, -0.25) is 0 Å². The summed E-state index contributed by atoms with van der Waals surface area (Å²) < 4.78 is 0. The monoisotopic (exact) mass is 196 g/mol. The molecule has 0 radical (unpaired) electrons. The fourth-order valence-electron chi connectivity index (χ4n) is 1.38. The van der Waals surface area contributed by atoms with Crippen LogP contribution in [0, 0.1) is 0 Å². The van der Waals surface area contributed by atoms with Gasteiger partial charge < -0.3 is 5.11 Å². The van der Waals surface area contributed by atoms with E-state index in [0.717, 1.165) is 11.1 Å². The van der Waals surface area contributed by atoms with E-state index in [-0.39, 0.29) is 5.76 Å². The Bertz CT molecular complexity index is 433. The summed E-state index contributed by atoms with van der Waals surface area (Å²) in [4.78, 5) is 0. The van der Waals surface area contributed by atoms with Crippen molar-refractivity contribution in [2.75, 3.05) is 0 Å². The van der Waals surface area contributed by atoms with E-state index in [4.69, 9.17) is 0 Å². The summed E-state index contributed by atoms with van der Waals surface area (Å²) in [5.74, 6) is 0.289. The quantitative estimate of drug-likeness (QED) is 0.716. The lowest BCUT2D eigenvalue weighted by molar-refractivity contribution is 0.512. The minimum atomic E-state index is 0.289. The first kappa shape index (κ1) is 9.53. The minimum absolute atomic E-state index is 0.289. The van der Waals surface area contributed by atoms with Crippen molar-refractivity contribution in [1.82, 2.24) is 0 Å². The molecule has 1 aromatic carbocycles. The van der Waals surface area contributed by atoms with Crippen molar-refractivity contribution in [3.63, 3.8) is 0 Å². The minimum Gasteiger partial charge on any atom is -0.507 e. The van der Waals surface area contributed by atoms with Crippen LogP contribution in [-0.2, 0) is 0 Å². The highest BCUT2D eigenvalue weighted by atomic mass is 16.3. The van der Waals surface area contributed by atoms with E-state index in [1.54, 1.807) is 6.08 Å². The summed E-state index contributed by atoms with van der Waals surface area (Å²) >= 11 is 0. The molecule has 2 rings (SSSR count). The molecule has 0 spiro atoms. The first-order valence-electron chi connectivity index (χ1n) is 4.87. The second kappa shape index (κ2) is 4.47. The Balaban J connectivity index is 2.18. The van der Waals surface area contributed by atoms with Crippen LogP contribution >= 0.6 is 0 Å². The zero-order valence-electron chi connectivity index (χ0n) is 8.30. The smallest absolute Gasteiger partial charge is 0.122 e. The third-order valence-electron chi connectivity index (χ3n) is 2.19. The van der Waals surface area contributed by atoms with Crippen LogP contribution in [0.5, 0.6) is 0 Å². The van der Waals surface area contributed by atoms with E-state index in [2.05, 4.69) is 0 Å². The highest BCUT2D eigenvalue weighted by molar-refractivity contribution is 5.60. The SMILES string of the molecule is O/C(=C/C=C1C=CC=C1)c1ccccc1. The van der Waals surface area contributed by atoms with E-state index in [9.17, 15) is 5.11 Å². The maximum atomic E-state index is 9.75. The summed E-state index contributed by atoms with van der Waals surface area (Å²) in [5, 5.41) is 9.75. The van der Waals surface area contributed by atoms with Crippen molar-refractivity contribution in [1.29, 1.82) is 0 Å². The van der Waals surface area contributed by atoms with Crippen LogP contribution in [0.4, 0.5) is 0 Å². The van der Waals surface area contributed by atoms with E-state index in [1.807, 2.05) is 60.7 Å². The predicted octanol–water partition coefficient (Wildman–Crippen LogP) is 3.64. The Morgan fingerprint density at radius 2 is 1.67 bits per heavy atom. The third-order valence-corrected chi connectivity index (χ3v) is 2.19. The second-order valence-electron chi connectivity index (χ2n) is 3.30. The maximum Gasteiger partial charge on any atom is 0.122 e. The number of allylic oxidation sites excluding steroid dienone is 7. The van der Waals surface area contributed by atoms with Gasteiger partial charge in [0.05, 0.1) is 0 Å². The lowest BCUT2D eigenvalue weighted by Crippen LogP contribution is -1.80. The molecule has 0 bridgehead atoms. The highest BCUT2D eigenvalue weighted by Crippen LogP contribution is 2.13. The fraction of sp³-hybridized carbons (Fsp3) is 0. The van der Waals surface area contributed by atoms with Gasteiger partial charge in [0.2, 0.25) is 0 Å². The molecule has 0 saturated heterocycles. The molecule has 1 aliphatic carbocycles. The van der Waals surface area contributed by atoms with Crippen LogP contribution in [0.2, 0.25) is 0 Å². The topological polar surface area (TPSA) is 20.2 Å². The average molecular weight is 196 g/mol. The van der Waals surface area contributed by atoms with Gasteiger partial charge in [-0.15, -0.1) is 0 Å². The van der Waals surface area contributed by atoms with E-state index in [0.29, 0.717) is 0 Å². The van der Waals surface area contributed by atoms with E-state index in [1.165, 1.54) is 0 Å². The van der Waals surface area contributed by atoms with Crippen LogP contribution in [0.3, 0.4) is 0 Å². The first-order chi connectivity index (χ1) is 7.36. The molecule has 1 aliphatic rings. The van der Waals surface area contributed by atoms with Gasteiger partial charge in [0.25, 0.3) is 0 Å². The molecule has 0 unspecified atom stereocenters. The van der Waals surface area contributed by atoms with Gasteiger partial charge in [0.1, 0.15) is 5.76 Å². The van der Waals surface area contributed by atoms with Gasteiger partial charge in [-0.25, -0.2) is 0 Å². The van der Waals surface area contributed by atoms with Crippen LogP contribution in [0.1, 0.15) is 5.56 Å². The van der Waals surface area contributed by atoms with Gasteiger partial charge in [0, 0.05) is 5.56 Å². The fourth-order valence-corrected chi connectivity index (χ4v) is 1.38. The predicted molar refractivity (Wildman–Crippen MR) is 63.4 cm³/mol. The average Bonchev–Trinajstić information content (AvgIpc) is 2.80. The number of hydrogen-bond donors (Lipinski definition) is 1. The summed E-state index contributed by atoms with van der Waals surface area (Å²) in [6.45, 7) is 0. The van der Waals surface area contributed by atoms with E-state index >= 15 is 0 Å². The molecular formula is C14H12O. The van der Waals surface area contributed by atoms with Gasteiger partial charge in [0.15, 0.2) is 0 Å². The molecule has 0 aliphatic heterocycles. The van der Waals surface area contributed by atoms with Crippen molar-refractivity contribution in [2.24, 2.45) is 0 Å². The standard InChI is InChI=1S/C14H12O/c15-14(13-8-2-1-3-9-13)11-10-12-6-4-5-7-12/h1-11,15H/b14-11+. The van der Waals surface area contributed by atoms with E-state index < -0.39 is 0 Å². The van der Waals surface area contributed by atoms with Crippen molar-refractivity contribution < 1.29 is 5.11 Å². The summed E-state index contributed by atoms with van der Waals surface area (Å²) in [7, 11) is 0. The molecule has 1 aromatic rings. The third kappa shape index (κ3) is 2.47. The van der Waals surface area contributed by atoms with Gasteiger partial charge in [-0.1, -0.05) is 60.7 Å². The van der Waals surface area contributed by atoms with Crippen LogP contribution < -0.4 is 0 Å². The van der Waals surface area contributed by atoms with Crippen molar-refractivity contribution in [2.45, 2.75) is 0 Å². The molecule has 74 valence electrons. The summed E-state index contributed by atoms with van der Waals surface area (Å²) in [5.41, 5.74) is 1.93. The van der Waals surface area contributed by atoms with Gasteiger partial charge in [-0.2, -0.15) is 0 Å². The Morgan fingerprint density at radius 1 is 1.00 bits per heavy atom. The molecule has 1 nitrogen and oxygen atoms in total. The number of hydrogen-bond acceptors (Lipinski definition) is 1. The normalized spacial score (nSPS) is 14.7. The molecule has 0 aromatic heterocycles. The van der Waals surface area contributed by atoms with Crippen molar-refractivity contribution >= 4 is 5.76 Å². The number of aliphatic hydroxyl groups excluding tert-OH is 1. The molecule has 0 heterocycles. The highest BCUT2D eigenvalue weighted by Gasteiger charge is 1.95. The van der Waals surface area contributed by atoms with Crippen molar-refractivity contribution in [3.8, 4) is 0 Å². The van der Waals surface area contributed by atoms with Crippen LogP contribution in [0.15, 0.2) is 72.4 Å². The first-order valence-corrected chi connectivity index (χ1v) is 4.87. The second-order valence-corrected chi connectivity index (χ2v) is 3.30. The molecule has 0 saturated carbocycles. The Kier molecular flexibility index (Phi) is 2.84. The Labute approximate surface area is 89.4 Å². The molecular weight excluding hydrogens is 184 g/mol. The lowest BCUT2D eigenvalue weighted by Gasteiger charge is -1.97. The number of benzene rings is 1.